The second kappa shape index (κ2) is 4.58. The number of carbonyl (C=O) groups is 1. The highest BCUT2D eigenvalue weighted by molar-refractivity contribution is 6.64. The number of rotatable bonds is 5. The van der Waals surface area contributed by atoms with Crippen molar-refractivity contribution in [3.63, 3.8) is 0 Å². The summed E-state index contributed by atoms with van der Waals surface area (Å²) >= 11 is 5.66. The van der Waals surface area contributed by atoms with Crippen molar-refractivity contribution >= 4 is 16.8 Å². The first kappa shape index (κ1) is 11.7. The van der Waals surface area contributed by atoms with Gasteiger partial charge in [-0.15, -0.1) is 13.2 Å². The maximum absolute atomic E-state index is 11.3. The Bertz CT molecular complexity index is 367. The third kappa shape index (κ3) is 1.78. The Labute approximate surface area is 102 Å². The third-order valence-corrected chi connectivity index (χ3v) is 4.22. The Kier molecular flexibility index (Phi) is 3.34. The maximum Gasteiger partial charge on any atom is 0.225 e. The van der Waals surface area contributed by atoms with E-state index in [0.29, 0.717) is 11.8 Å². The molecular weight excluding hydrogens is 220 g/mol. The molecule has 0 heterocycles. The first-order valence-electron chi connectivity index (χ1n) is 5.82. The molecule has 0 N–H and O–H groups in total. The summed E-state index contributed by atoms with van der Waals surface area (Å²) in [6.45, 7) is 7.60. The lowest BCUT2D eigenvalue weighted by Gasteiger charge is -2.24. The highest BCUT2D eigenvalue weighted by atomic mass is 35.5. The molecule has 0 aliphatic heterocycles. The van der Waals surface area contributed by atoms with E-state index in [1.807, 2.05) is 12.2 Å². The van der Waals surface area contributed by atoms with Crippen LogP contribution < -0.4 is 0 Å². The largest absolute Gasteiger partial charge is 0.281 e. The summed E-state index contributed by atoms with van der Waals surface area (Å²) in [5.74, 6) is 0.990. The van der Waals surface area contributed by atoms with Gasteiger partial charge < -0.3 is 0 Å². The minimum atomic E-state index is -0.160. The number of carbonyl (C=O) groups excluding carboxylic acids is 1. The van der Waals surface area contributed by atoms with Gasteiger partial charge in [-0.05, 0) is 49.1 Å². The Balaban J connectivity index is 2.28. The summed E-state index contributed by atoms with van der Waals surface area (Å²) in [6, 6.07) is 0. The van der Waals surface area contributed by atoms with Gasteiger partial charge in [0, 0.05) is 5.92 Å². The van der Waals surface area contributed by atoms with Crippen molar-refractivity contribution < 1.29 is 4.79 Å². The van der Waals surface area contributed by atoms with E-state index in [1.165, 1.54) is 11.1 Å². The molecule has 1 nitrogen and oxygen atoms in total. The second-order valence-corrected chi connectivity index (χ2v) is 5.09. The van der Waals surface area contributed by atoms with Crippen LogP contribution in [0, 0.1) is 17.8 Å². The van der Waals surface area contributed by atoms with Crippen LogP contribution in [0.2, 0.25) is 0 Å². The first-order valence-corrected chi connectivity index (χ1v) is 6.19. The van der Waals surface area contributed by atoms with Crippen molar-refractivity contribution in [2.24, 2.45) is 17.8 Å². The highest BCUT2D eigenvalue weighted by Crippen LogP contribution is 2.54. The topological polar surface area (TPSA) is 17.1 Å². The van der Waals surface area contributed by atoms with Gasteiger partial charge in [0.05, 0.1) is 0 Å². The molecule has 86 valence electrons. The minimum absolute atomic E-state index is 0.0511. The lowest BCUT2D eigenvalue weighted by atomic mass is 9.82. The van der Waals surface area contributed by atoms with Gasteiger partial charge in [0.1, 0.15) is 0 Å². The van der Waals surface area contributed by atoms with E-state index in [0.717, 1.165) is 25.7 Å². The number of halogens is 1. The average Bonchev–Trinajstić information content (AvgIpc) is 2.79. The number of fused-ring (bicyclic) bond motifs is 2. The van der Waals surface area contributed by atoms with Crippen LogP contribution in [0.4, 0.5) is 0 Å². The monoisotopic (exact) mass is 236 g/mol. The third-order valence-electron chi connectivity index (χ3n) is 3.94. The van der Waals surface area contributed by atoms with Gasteiger partial charge in [0.2, 0.25) is 5.24 Å². The van der Waals surface area contributed by atoms with Gasteiger partial charge >= 0.3 is 0 Å². The average molecular weight is 237 g/mol. The molecule has 2 aliphatic carbocycles. The van der Waals surface area contributed by atoms with E-state index in [-0.39, 0.29) is 11.2 Å². The first-order chi connectivity index (χ1) is 7.69. The molecule has 1 fully saturated rings. The summed E-state index contributed by atoms with van der Waals surface area (Å²) in [4.78, 5) is 11.3. The Hall–Kier alpha value is -0.820. The molecule has 0 aromatic heterocycles. The van der Waals surface area contributed by atoms with E-state index in [4.69, 9.17) is 11.6 Å². The number of allylic oxidation sites excluding steroid dienone is 4. The standard InChI is InChI=1S/C14H17ClO/c1-3-5-10-9-7-12(11(10)6-4-2)13(8-9)14(15)16/h3-4,9,12-13H,1-2,5-8H2. The molecule has 2 heteroatoms. The van der Waals surface area contributed by atoms with Gasteiger partial charge in [-0.2, -0.15) is 0 Å². The van der Waals surface area contributed by atoms with Crippen LogP contribution in [0.3, 0.4) is 0 Å². The normalized spacial score (nSPS) is 31.9. The zero-order chi connectivity index (χ0) is 11.7. The maximum atomic E-state index is 11.3. The van der Waals surface area contributed by atoms with Gasteiger partial charge in [-0.1, -0.05) is 23.3 Å². The molecule has 2 rings (SSSR count). The molecule has 3 unspecified atom stereocenters. The number of hydrogen-bond acceptors (Lipinski definition) is 1. The van der Waals surface area contributed by atoms with Crippen LogP contribution in [0.1, 0.15) is 25.7 Å². The lowest BCUT2D eigenvalue weighted by molar-refractivity contribution is -0.115. The van der Waals surface area contributed by atoms with E-state index < -0.39 is 0 Å². The SMILES string of the molecule is C=CCC1=C(CC=C)C2CC1CC2C(=O)Cl. The van der Waals surface area contributed by atoms with Gasteiger partial charge in [0.15, 0.2) is 0 Å². The zero-order valence-corrected chi connectivity index (χ0v) is 10.2. The predicted octanol–water partition coefficient (Wildman–Crippen LogP) is 3.86. The van der Waals surface area contributed by atoms with Gasteiger partial charge in [-0.3, -0.25) is 4.79 Å². The molecule has 0 radical (unpaired) electrons. The van der Waals surface area contributed by atoms with Crippen LogP contribution in [-0.4, -0.2) is 5.24 Å². The smallest absolute Gasteiger partial charge is 0.225 e. The quantitative estimate of drug-likeness (QED) is 0.523. The zero-order valence-electron chi connectivity index (χ0n) is 9.42. The van der Waals surface area contributed by atoms with Crippen molar-refractivity contribution in [3.05, 3.63) is 36.5 Å². The fraction of sp³-hybridized carbons (Fsp3) is 0.500. The fourth-order valence-electron chi connectivity index (χ4n) is 3.35. The van der Waals surface area contributed by atoms with Crippen LogP contribution >= 0.6 is 11.6 Å². The molecular formula is C14H17ClO. The molecule has 1 saturated carbocycles. The van der Waals surface area contributed by atoms with Crippen molar-refractivity contribution in [1.29, 1.82) is 0 Å². The van der Waals surface area contributed by atoms with Crippen molar-refractivity contribution in [2.45, 2.75) is 25.7 Å². The molecule has 2 bridgehead atoms. The van der Waals surface area contributed by atoms with Crippen molar-refractivity contribution in [3.8, 4) is 0 Å². The van der Waals surface area contributed by atoms with Crippen molar-refractivity contribution in [1.82, 2.24) is 0 Å². The summed E-state index contributed by atoms with van der Waals surface area (Å²) < 4.78 is 0. The molecule has 3 atom stereocenters. The number of hydrogen-bond donors (Lipinski definition) is 0. The molecule has 0 spiro atoms. The molecule has 2 aliphatic rings. The van der Waals surface area contributed by atoms with Crippen molar-refractivity contribution in [2.75, 3.05) is 0 Å². The Morgan fingerprint density at radius 1 is 1.25 bits per heavy atom. The minimum Gasteiger partial charge on any atom is -0.281 e. The van der Waals surface area contributed by atoms with E-state index in [1.54, 1.807) is 0 Å². The second-order valence-electron chi connectivity index (χ2n) is 4.72. The summed E-state index contributed by atoms with van der Waals surface area (Å²) in [5.41, 5.74) is 2.90. The fourth-order valence-corrected chi connectivity index (χ4v) is 3.59. The van der Waals surface area contributed by atoms with Crippen LogP contribution in [0.5, 0.6) is 0 Å². The summed E-state index contributed by atoms with van der Waals surface area (Å²) in [5, 5.41) is -0.160. The lowest BCUT2D eigenvalue weighted by Crippen LogP contribution is -2.19. The molecule has 0 amide bonds. The van der Waals surface area contributed by atoms with Crippen LogP contribution in [-0.2, 0) is 4.79 Å². The molecule has 0 aromatic rings. The summed E-state index contributed by atoms with van der Waals surface area (Å²) in [6.07, 6.45) is 7.77. The highest BCUT2D eigenvalue weighted by Gasteiger charge is 2.46. The predicted molar refractivity (Wildman–Crippen MR) is 67.2 cm³/mol. The molecule has 16 heavy (non-hydrogen) atoms. The Morgan fingerprint density at radius 3 is 2.44 bits per heavy atom. The van der Waals surface area contributed by atoms with Crippen LogP contribution in [0.25, 0.3) is 0 Å². The molecule has 0 aromatic carbocycles. The molecule has 0 saturated heterocycles. The van der Waals surface area contributed by atoms with Gasteiger partial charge in [-0.25, -0.2) is 0 Å². The van der Waals surface area contributed by atoms with Gasteiger partial charge in [0.25, 0.3) is 0 Å². The van der Waals surface area contributed by atoms with E-state index in [9.17, 15) is 4.79 Å². The van der Waals surface area contributed by atoms with E-state index in [2.05, 4.69) is 13.2 Å². The summed E-state index contributed by atoms with van der Waals surface area (Å²) in [7, 11) is 0. The Morgan fingerprint density at radius 2 is 1.88 bits per heavy atom. The van der Waals surface area contributed by atoms with Crippen LogP contribution in [0.15, 0.2) is 36.5 Å². The van der Waals surface area contributed by atoms with E-state index >= 15 is 0 Å².